The largest absolute Gasteiger partial charge is 0.463 e. The summed E-state index contributed by atoms with van der Waals surface area (Å²) in [7, 11) is 0. The molecule has 1 atom stereocenters. The van der Waals surface area contributed by atoms with Crippen LogP contribution in [0.25, 0.3) is 22.4 Å². The molecule has 0 radical (unpaired) electrons. The van der Waals surface area contributed by atoms with Crippen LogP contribution in [0.15, 0.2) is 47.1 Å². The van der Waals surface area contributed by atoms with Gasteiger partial charge in [-0.25, -0.2) is 4.98 Å². The number of pyridine rings is 1. The van der Waals surface area contributed by atoms with Gasteiger partial charge in [0.1, 0.15) is 5.52 Å². The Hall–Kier alpha value is -2.09. The fraction of sp³-hybridized carbons (Fsp3) is 0.278. The number of aryl methyl sites for hydroxylation is 1. The van der Waals surface area contributed by atoms with E-state index < -0.39 is 0 Å². The summed E-state index contributed by atoms with van der Waals surface area (Å²) in [5.41, 5.74) is 6.61. The Morgan fingerprint density at radius 1 is 1.15 bits per heavy atom. The number of aromatic nitrogens is 1. The van der Waals surface area contributed by atoms with Crippen LogP contribution in [0.4, 0.5) is 0 Å². The molecular weight excluding hydrogens is 246 g/mol. The van der Waals surface area contributed by atoms with Crippen molar-refractivity contribution in [2.45, 2.75) is 33.1 Å². The van der Waals surface area contributed by atoms with Crippen molar-refractivity contribution in [3.8, 4) is 11.3 Å². The van der Waals surface area contributed by atoms with Gasteiger partial charge in [0.05, 0.1) is 12.0 Å². The molecule has 2 heterocycles. The van der Waals surface area contributed by atoms with Crippen LogP contribution in [0.3, 0.4) is 0 Å². The maximum absolute atomic E-state index is 5.35. The third kappa shape index (κ3) is 2.34. The minimum Gasteiger partial charge on any atom is -0.463 e. The molecular formula is C18H19NO. The van der Waals surface area contributed by atoms with Crippen LogP contribution in [0, 0.1) is 6.92 Å². The SMILES string of the molecule is CCC(C)c1cc(C)cc(-c2ccc3occc3n2)c1. The Morgan fingerprint density at radius 2 is 2.00 bits per heavy atom. The predicted molar refractivity (Wildman–Crippen MR) is 82.9 cm³/mol. The van der Waals surface area contributed by atoms with Gasteiger partial charge < -0.3 is 4.42 Å². The van der Waals surface area contributed by atoms with E-state index in [1.165, 1.54) is 16.7 Å². The van der Waals surface area contributed by atoms with Gasteiger partial charge >= 0.3 is 0 Å². The van der Waals surface area contributed by atoms with Crippen molar-refractivity contribution in [2.24, 2.45) is 0 Å². The number of nitrogens with zero attached hydrogens (tertiary/aromatic N) is 1. The van der Waals surface area contributed by atoms with E-state index in [1.54, 1.807) is 6.26 Å². The quantitative estimate of drug-likeness (QED) is 0.640. The molecule has 3 rings (SSSR count). The van der Waals surface area contributed by atoms with Crippen LogP contribution < -0.4 is 0 Å². The molecule has 0 fully saturated rings. The lowest BCUT2D eigenvalue weighted by Crippen LogP contribution is -1.94. The van der Waals surface area contributed by atoms with E-state index in [1.807, 2.05) is 18.2 Å². The average molecular weight is 265 g/mol. The highest BCUT2D eigenvalue weighted by atomic mass is 16.3. The lowest BCUT2D eigenvalue weighted by molar-refractivity contribution is 0.615. The maximum atomic E-state index is 5.35. The molecule has 0 aliphatic carbocycles. The summed E-state index contributed by atoms with van der Waals surface area (Å²) in [5, 5.41) is 0. The average Bonchev–Trinajstić information content (AvgIpc) is 2.93. The Morgan fingerprint density at radius 3 is 2.80 bits per heavy atom. The number of hydrogen-bond donors (Lipinski definition) is 0. The highest BCUT2D eigenvalue weighted by Crippen LogP contribution is 2.27. The number of hydrogen-bond acceptors (Lipinski definition) is 2. The summed E-state index contributed by atoms with van der Waals surface area (Å²) in [6.45, 7) is 6.64. The lowest BCUT2D eigenvalue weighted by Gasteiger charge is -2.12. The zero-order valence-electron chi connectivity index (χ0n) is 12.2. The first-order chi connectivity index (χ1) is 9.67. The van der Waals surface area contributed by atoms with Gasteiger partial charge in [0.25, 0.3) is 0 Å². The van der Waals surface area contributed by atoms with E-state index >= 15 is 0 Å². The second-order valence-corrected chi connectivity index (χ2v) is 5.44. The Labute approximate surface area is 119 Å². The standard InChI is InChI=1S/C18H19NO/c1-4-13(3)14-9-12(2)10-15(11-14)16-5-6-18-17(19-16)7-8-20-18/h5-11,13H,4H2,1-3H3. The smallest absolute Gasteiger partial charge is 0.152 e. The number of furan rings is 1. The number of benzene rings is 1. The van der Waals surface area contributed by atoms with Gasteiger partial charge in [-0.15, -0.1) is 0 Å². The van der Waals surface area contributed by atoms with E-state index in [0.29, 0.717) is 5.92 Å². The fourth-order valence-electron chi connectivity index (χ4n) is 2.49. The molecule has 0 aliphatic heterocycles. The topological polar surface area (TPSA) is 26.0 Å². The molecule has 0 saturated carbocycles. The monoisotopic (exact) mass is 265 g/mol. The first-order valence-corrected chi connectivity index (χ1v) is 7.13. The van der Waals surface area contributed by atoms with Crippen LogP contribution in [0.5, 0.6) is 0 Å². The third-order valence-corrected chi connectivity index (χ3v) is 3.88. The molecule has 2 aromatic heterocycles. The molecule has 20 heavy (non-hydrogen) atoms. The minimum absolute atomic E-state index is 0.575. The Kier molecular flexibility index (Phi) is 3.31. The molecule has 0 spiro atoms. The molecule has 102 valence electrons. The second-order valence-electron chi connectivity index (χ2n) is 5.44. The Balaban J connectivity index is 2.10. The summed E-state index contributed by atoms with van der Waals surface area (Å²) >= 11 is 0. The van der Waals surface area contributed by atoms with Crippen LogP contribution in [0.2, 0.25) is 0 Å². The van der Waals surface area contributed by atoms with Crippen molar-refractivity contribution < 1.29 is 4.42 Å². The molecule has 2 heteroatoms. The molecule has 1 aromatic carbocycles. The van der Waals surface area contributed by atoms with Gasteiger partial charge in [-0.2, -0.15) is 0 Å². The van der Waals surface area contributed by atoms with Crippen molar-refractivity contribution in [2.75, 3.05) is 0 Å². The Bertz CT molecular complexity index is 742. The predicted octanol–water partition coefficient (Wildman–Crippen LogP) is 5.32. The zero-order valence-corrected chi connectivity index (χ0v) is 12.2. The van der Waals surface area contributed by atoms with Gasteiger partial charge in [0.15, 0.2) is 5.58 Å². The number of rotatable bonds is 3. The van der Waals surface area contributed by atoms with Gasteiger partial charge in [0, 0.05) is 11.6 Å². The highest BCUT2D eigenvalue weighted by Gasteiger charge is 2.08. The van der Waals surface area contributed by atoms with Crippen molar-refractivity contribution in [3.05, 3.63) is 53.8 Å². The third-order valence-electron chi connectivity index (χ3n) is 3.88. The molecule has 3 aromatic rings. The first kappa shape index (κ1) is 12.9. The normalized spacial score (nSPS) is 12.8. The van der Waals surface area contributed by atoms with Crippen molar-refractivity contribution >= 4 is 11.1 Å². The van der Waals surface area contributed by atoms with E-state index in [0.717, 1.165) is 23.2 Å². The molecule has 1 unspecified atom stereocenters. The summed E-state index contributed by atoms with van der Waals surface area (Å²) in [4.78, 5) is 4.68. The summed E-state index contributed by atoms with van der Waals surface area (Å²) in [5.74, 6) is 0.575. The van der Waals surface area contributed by atoms with Crippen molar-refractivity contribution in [3.63, 3.8) is 0 Å². The summed E-state index contributed by atoms with van der Waals surface area (Å²) in [6.07, 6.45) is 2.83. The zero-order chi connectivity index (χ0) is 14.1. The van der Waals surface area contributed by atoms with Crippen molar-refractivity contribution in [1.29, 1.82) is 0 Å². The number of fused-ring (bicyclic) bond motifs is 1. The maximum Gasteiger partial charge on any atom is 0.152 e. The molecule has 0 saturated heterocycles. The second kappa shape index (κ2) is 5.12. The van der Waals surface area contributed by atoms with Gasteiger partial charge in [-0.05, 0) is 49.1 Å². The minimum atomic E-state index is 0.575. The summed E-state index contributed by atoms with van der Waals surface area (Å²) in [6, 6.07) is 12.7. The molecule has 0 aliphatic rings. The van der Waals surface area contributed by atoms with Crippen LogP contribution in [0.1, 0.15) is 37.3 Å². The van der Waals surface area contributed by atoms with Gasteiger partial charge in [-0.1, -0.05) is 25.5 Å². The van der Waals surface area contributed by atoms with Gasteiger partial charge in [0.2, 0.25) is 0 Å². The summed E-state index contributed by atoms with van der Waals surface area (Å²) < 4.78 is 5.35. The van der Waals surface area contributed by atoms with Crippen LogP contribution >= 0.6 is 0 Å². The molecule has 2 nitrogen and oxygen atoms in total. The van der Waals surface area contributed by atoms with E-state index in [9.17, 15) is 0 Å². The molecule has 0 N–H and O–H groups in total. The van der Waals surface area contributed by atoms with Crippen molar-refractivity contribution in [1.82, 2.24) is 4.98 Å². The van der Waals surface area contributed by atoms with Crippen LogP contribution in [-0.2, 0) is 0 Å². The van der Waals surface area contributed by atoms with E-state index in [2.05, 4.69) is 44.0 Å². The molecule has 0 amide bonds. The van der Waals surface area contributed by atoms with E-state index in [4.69, 9.17) is 4.42 Å². The first-order valence-electron chi connectivity index (χ1n) is 7.13. The van der Waals surface area contributed by atoms with E-state index in [-0.39, 0.29) is 0 Å². The molecule has 0 bridgehead atoms. The fourth-order valence-corrected chi connectivity index (χ4v) is 2.49. The van der Waals surface area contributed by atoms with Gasteiger partial charge in [-0.3, -0.25) is 0 Å². The van der Waals surface area contributed by atoms with Crippen LogP contribution in [-0.4, -0.2) is 4.98 Å². The highest BCUT2D eigenvalue weighted by molar-refractivity contribution is 5.76. The lowest BCUT2D eigenvalue weighted by atomic mass is 9.94.